The van der Waals surface area contributed by atoms with Gasteiger partial charge < -0.3 is 5.11 Å². The summed E-state index contributed by atoms with van der Waals surface area (Å²) < 4.78 is 0. The maximum Gasteiger partial charge on any atom is 0.317 e. The molecule has 0 spiro atoms. The van der Waals surface area contributed by atoms with Crippen LogP contribution in [0.3, 0.4) is 0 Å². The van der Waals surface area contributed by atoms with Crippen LogP contribution in [0, 0.1) is 43.4 Å². The lowest BCUT2D eigenvalue weighted by Crippen LogP contribution is -2.65. The van der Waals surface area contributed by atoms with Crippen molar-refractivity contribution in [2.45, 2.75) is 37.6 Å². The Bertz CT molecular complexity index is 763. The Kier molecular flexibility index (Phi) is 3.35. The molecule has 6 unspecified atom stereocenters. The van der Waals surface area contributed by atoms with E-state index in [-0.39, 0.29) is 23.4 Å². The van der Waals surface area contributed by atoms with E-state index in [1.54, 1.807) is 12.1 Å². The van der Waals surface area contributed by atoms with Crippen molar-refractivity contribution in [1.82, 2.24) is 0 Å². The normalized spacial score (nSPS) is 38.5. The highest BCUT2D eigenvalue weighted by molar-refractivity contribution is 5.78. The van der Waals surface area contributed by atoms with Crippen molar-refractivity contribution in [2.24, 2.45) is 23.2 Å². The molecule has 0 radical (unpaired) electrons. The van der Waals surface area contributed by atoms with Crippen LogP contribution in [0.1, 0.15) is 37.2 Å². The number of benzene rings is 1. The van der Waals surface area contributed by atoms with Crippen LogP contribution in [0.5, 0.6) is 0 Å². The number of carboxylic acid groups (broad SMARTS) is 1. The molecule has 0 saturated heterocycles. The Labute approximate surface area is 143 Å². The van der Waals surface area contributed by atoms with Crippen molar-refractivity contribution >= 4 is 11.7 Å². The highest BCUT2D eigenvalue weighted by atomic mass is 16.6. The Morgan fingerprint density at radius 1 is 1.08 bits per heavy atom. The van der Waals surface area contributed by atoms with Gasteiger partial charge in [-0.2, -0.15) is 0 Å². The Morgan fingerprint density at radius 3 is 2.28 bits per heavy atom. The molecule has 4 fully saturated rings. The smallest absolute Gasteiger partial charge is 0.317 e. The van der Waals surface area contributed by atoms with Crippen molar-refractivity contribution in [1.29, 1.82) is 0 Å². The van der Waals surface area contributed by atoms with E-state index in [0.717, 1.165) is 12.8 Å². The fraction of sp³-hybridized carbons (Fsp3) is 0.588. The number of carbonyl (C=O) groups is 1. The summed E-state index contributed by atoms with van der Waals surface area (Å²) in [5, 5.41) is 32.7. The van der Waals surface area contributed by atoms with Crippen molar-refractivity contribution in [3.8, 4) is 0 Å². The molecular formula is C17H18N2O6. The van der Waals surface area contributed by atoms with E-state index < -0.39 is 33.2 Å². The molecule has 0 aliphatic heterocycles. The summed E-state index contributed by atoms with van der Waals surface area (Å²) in [6.45, 7) is 0. The molecule has 6 atom stereocenters. The van der Waals surface area contributed by atoms with Gasteiger partial charge in [0, 0.05) is 28.9 Å². The molecule has 25 heavy (non-hydrogen) atoms. The maximum absolute atomic E-state index is 12.3. The maximum atomic E-state index is 12.3. The third-order valence-electron chi connectivity index (χ3n) is 6.59. The molecular weight excluding hydrogens is 328 g/mol. The second-order valence-electron chi connectivity index (χ2n) is 7.70. The largest absolute Gasteiger partial charge is 0.481 e. The second-order valence-corrected chi connectivity index (χ2v) is 7.70. The molecule has 0 amide bonds. The summed E-state index contributed by atoms with van der Waals surface area (Å²) >= 11 is 0. The number of nitro groups is 2. The van der Waals surface area contributed by atoms with Gasteiger partial charge in [0.2, 0.25) is 6.04 Å². The number of nitro benzene ring substituents is 1. The van der Waals surface area contributed by atoms with Crippen LogP contribution >= 0.6 is 0 Å². The van der Waals surface area contributed by atoms with Gasteiger partial charge in [0.05, 0.1) is 4.92 Å². The fourth-order valence-electron chi connectivity index (χ4n) is 6.06. The number of non-ortho nitro benzene ring substituents is 1. The van der Waals surface area contributed by atoms with E-state index in [9.17, 15) is 30.1 Å². The molecule has 0 aromatic heterocycles. The van der Waals surface area contributed by atoms with Crippen molar-refractivity contribution in [3.63, 3.8) is 0 Å². The molecule has 4 aliphatic carbocycles. The van der Waals surface area contributed by atoms with Crippen molar-refractivity contribution in [3.05, 3.63) is 50.1 Å². The summed E-state index contributed by atoms with van der Waals surface area (Å²) in [6.07, 6.45) is 2.61. The lowest BCUT2D eigenvalue weighted by Gasteiger charge is -2.59. The van der Waals surface area contributed by atoms with E-state index in [0.29, 0.717) is 18.4 Å². The molecule has 4 bridgehead atoms. The van der Waals surface area contributed by atoms with E-state index in [1.807, 2.05) is 0 Å². The molecule has 0 heterocycles. The number of hydrogen-bond acceptors (Lipinski definition) is 5. The Balaban J connectivity index is 1.84. The van der Waals surface area contributed by atoms with Gasteiger partial charge in [-0.3, -0.25) is 25.0 Å². The zero-order valence-corrected chi connectivity index (χ0v) is 13.4. The molecule has 5 rings (SSSR count). The first-order valence-electron chi connectivity index (χ1n) is 8.46. The predicted octanol–water partition coefficient (Wildman–Crippen LogP) is 2.84. The molecule has 8 heteroatoms. The third-order valence-corrected chi connectivity index (χ3v) is 6.59. The topological polar surface area (TPSA) is 124 Å². The number of rotatable bonds is 4. The minimum absolute atomic E-state index is 0.0669. The molecule has 132 valence electrons. The van der Waals surface area contributed by atoms with E-state index in [1.165, 1.54) is 12.1 Å². The van der Waals surface area contributed by atoms with Crippen LogP contribution in [-0.2, 0) is 4.79 Å². The van der Waals surface area contributed by atoms with Crippen molar-refractivity contribution < 1.29 is 19.7 Å². The summed E-state index contributed by atoms with van der Waals surface area (Å²) in [4.78, 5) is 34.1. The summed E-state index contributed by atoms with van der Waals surface area (Å²) in [5.41, 5.74) is -0.805. The molecule has 4 aliphatic rings. The minimum Gasteiger partial charge on any atom is -0.481 e. The van der Waals surface area contributed by atoms with Gasteiger partial charge in [-0.05, 0) is 43.1 Å². The Morgan fingerprint density at radius 2 is 1.72 bits per heavy atom. The lowest BCUT2D eigenvalue weighted by atomic mass is 9.42. The first-order chi connectivity index (χ1) is 11.8. The van der Waals surface area contributed by atoms with Gasteiger partial charge in [0.15, 0.2) is 0 Å². The van der Waals surface area contributed by atoms with Crippen LogP contribution in [0.25, 0.3) is 0 Å². The molecule has 8 nitrogen and oxygen atoms in total. The van der Waals surface area contributed by atoms with Gasteiger partial charge >= 0.3 is 5.97 Å². The zero-order valence-electron chi connectivity index (χ0n) is 13.4. The van der Waals surface area contributed by atoms with Crippen LogP contribution < -0.4 is 0 Å². The highest BCUT2D eigenvalue weighted by Gasteiger charge is 2.71. The standard InChI is InChI=1S/C17H18N2O6/c20-16(21)17-8-9-5-11(7-12(6-9)15(17)19(24)25)14(17)10-1-3-13(4-2-10)18(22)23/h1-4,9,11-12,14-15H,5-8H2,(H,20,21). The molecule has 1 N–H and O–H groups in total. The second kappa shape index (κ2) is 5.24. The summed E-state index contributed by atoms with van der Waals surface area (Å²) in [5.74, 6) is -1.43. The van der Waals surface area contributed by atoms with Crippen LogP contribution in [-0.4, -0.2) is 27.0 Å². The van der Waals surface area contributed by atoms with Gasteiger partial charge in [-0.15, -0.1) is 0 Å². The van der Waals surface area contributed by atoms with Gasteiger partial charge in [0.25, 0.3) is 5.69 Å². The number of nitrogens with zero attached hydrogens (tertiary/aromatic N) is 2. The van der Waals surface area contributed by atoms with Crippen LogP contribution in [0.2, 0.25) is 0 Å². The van der Waals surface area contributed by atoms with Crippen LogP contribution in [0.4, 0.5) is 5.69 Å². The summed E-state index contributed by atoms with van der Waals surface area (Å²) in [6, 6.07) is 4.78. The average Bonchev–Trinajstić information content (AvgIpc) is 2.53. The number of aliphatic carboxylic acids is 1. The lowest BCUT2D eigenvalue weighted by molar-refractivity contribution is -0.563. The van der Waals surface area contributed by atoms with E-state index >= 15 is 0 Å². The predicted molar refractivity (Wildman–Crippen MR) is 85.6 cm³/mol. The molecule has 4 saturated carbocycles. The van der Waals surface area contributed by atoms with E-state index in [4.69, 9.17) is 0 Å². The molecule has 1 aromatic rings. The minimum atomic E-state index is -1.41. The van der Waals surface area contributed by atoms with Gasteiger partial charge in [-0.1, -0.05) is 12.1 Å². The van der Waals surface area contributed by atoms with Crippen molar-refractivity contribution in [2.75, 3.05) is 0 Å². The van der Waals surface area contributed by atoms with Crippen LogP contribution in [0.15, 0.2) is 24.3 Å². The van der Waals surface area contributed by atoms with E-state index in [2.05, 4.69) is 0 Å². The monoisotopic (exact) mass is 346 g/mol. The van der Waals surface area contributed by atoms with Gasteiger partial charge in [-0.25, -0.2) is 0 Å². The number of carboxylic acids is 1. The quantitative estimate of drug-likeness (QED) is 0.660. The first-order valence-corrected chi connectivity index (χ1v) is 8.46. The molecule has 1 aromatic carbocycles. The summed E-state index contributed by atoms with van der Waals surface area (Å²) in [7, 11) is 0. The first kappa shape index (κ1) is 16.0. The zero-order chi connectivity index (χ0) is 17.9. The fourth-order valence-corrected chi connectivity index (χ4v) is 6.06. The SMILES string of the molecule is O=C(O)C12CC3CC(CC(C3)C1[N+](=O)[O-])C2c1ccc([N+](=O)[O-])cc1. The highest BCUT2D eigenvalue weighted by Crippen LogP contribution is 2.66. The Hall–Kier alpha value is -2.51. The number of hydrogen-bond donors (Lipinski definition) is 1. The average molecular weight is 346 g/mol. The van der Waals surface area contributed by atoms with Gasteiger partial charge in [0.1, 0.15) is 5.41 Å². The third kappa shape index (κ3) is 2.09.